The topological polar surface area (TPSA) is 69.6 Å². The highest BCUT2D eigenvalue weighted by atomic mass is 16.5. The van der Waals surface area contributed by atoms with Crippen LogP contribution in [-0.4, -0.2) is 24.9 Å². The van der Waals surface area contributed by atoms with Crippen molar-refractivity contribution in [1.82, 2.24) is 24.9 Å². The molecule has 0 aromatic carbocycles. The molecule has 0 aliphatic carbocycles. The van der Waals surface area contributed by atoms with Crippen LogP contribution in [0.2, 0.25) is 0 Å². The third-order valence-electron chi connectivity index (χ3n) is 3.27. The molecule has 0 spiro atoms. The number of hydrogen-bond acceptors (Lipinski definition) is 5. The summed E-state index contributed by atoms with van der Waals surface area (Å²) in [6.45, 7) is 7.05. The molecule has 0 amide bonds. The molecular weight excluding hydrogens is 266 g/mol. The van der Waals surface area contributed by atoms with Crippen molar-refractivity contribution in [2.24, 2.45) is 0 Å². The molecule has 3 rings (SSSR count). The molecule has 108 valence electrons. The molecule has 3 heterocycles. The van der Waals surface area contributed by atoms with Gasteiger partial charge in [0, 0.05) is 30.2 Å². The largest absolute Gasteiger partial charge is 0.333 e. The standard InChI is InChI=1S/C15H17N5O/c1-4-20-9-12(8-17-20)15-18-14(19-21-15)11-5-6-13(10(2)3)16-7-11/h5-10H,4H2,1-3H3. The van der Waals surface area contributed by atoms with Crippen molar-refractivity contribution in [1.29, 1.82) is 0 Å². The van der Waals surface area contributed by atoms with Gasteiger partial charge in [-0.2, -0.15) is 10.1 Å². The number of rotatable bonds is 4. The molecule has 0 bridgehead atoms. The van der Waals surface area contributed by atoms with Gasteiger partial charge in [0.15, 0.2) is 0 Å². The highest BCUT2D eigenvalue weighted by molar-refractivity contribution is 5.58. The zero-order valence-electron chi connectivity index (χ0n) is 12.3. The second-order valence-electron chi connectivity index (χ2n) is 5.13. The van der Waals surface area contributed by atoms with E-state index in [1.165, 1.54) is 0 Å². The van der Waals surface area contributed by atoms with Crippen LogP contribution in [0.5, 0.6) is 0 Å². The third-order valence-corrected chi connectivity index (χ3v) is 3.27. The van der Waals surface area contributed by atoms with Crippen molar-refractivity contribution >= 4 is 0 Å². The lowest BCUT2D eigenvalue weighted by Crippen LogP contribution is -1.92. The fourth-order valence-electron chi connectivity index (χ4n) is 1.98. The van der Waals surface area contributed by atoms with Crippen LogP contribution in [0.25, 0.3) is 22.8 Å². The summed E-state index contributed by atoms with van der Waals surface area (Å²) in [5, 5.41) is 8.21. The lowest BCUT2D eigenvalue weighted by atomic mass is 10.1. The molecule has 21 heavy (non-hydrogen) atoms. The maximum Gasteiger partial charge on any atom is 0.261 e. The summed E-state index contributed by atoms with van der Waals surface area (Å²) in [6, 6.07) is 3.96. The smallest absolute Gasteiger partial charge is 0.261 e. The predicted octanol–water partition coefficient (Wildman–Crippen LogP) is 3.14. The Balaban J connectivity index is 1.87. The number of aryl methyl sites for hydroxylation is 1. The summed E-state index contributed by atoms with van der Waals surface area (Å²) in [7, 11) is 0. The highest BCUT2D eigenvalue weighted by Gasteiger charge is 2.13. The minimum Gasteiger partial charge on any atom is -0.333 e. The minimum absolute atomic E-state index is 0.403. The van der Waals surface area contributed by atoms with Gasteiger partial charge in [0.25, 0.3) is 5.89 Å². The second-order valence-corrected chi connectivity index (χ2v) is 5.13. The van der Waals surface area contributed by atoms with E-state index in [-0.39, 0.29) is 0 Å². The molecule has 3 aromatic rings. The lowest BCUT2D eigenvalue weighted by molar-refractivity contribution is 0.432. The van der Waals surface area contributed by atoms with Crippen LogP contribution in [0, 0.1) is 0 Å². The SMILES string of the molecule is CCn1cc(-c2nc(-c3ccc(C(C)C)nc3)no2)cn1. The molecule has 0 radical (unpaired) electrons. The predicted molar refractivity (Wildman–Crippen MR) is 78.5 cm³/mol. The summed E-state index contributed by atoms with van der Waals surface area (Å²) in [6.07, 6.45) is 5.39. The van der Waals surface area contributed by atoms with Gasteiger partial charge in [-0.15, -0.1) is 0 Å². The summed E-state index contributed by atoms with van der Waals surface area (Å²) in [4.78, 5) is 8.82. The Bertz CT molecular complexity index is 727. The first kappa shape index (κ1) is 13.5. The quantitative estimate of drug-likeness (QED) is 0.735. The number of hydrogen-bond donors (Lipinski definition) is 0. The Morgan fingerprint density at radius 2 is 2.05 bits per heavy atom. The molecule has 0 atom stereocenters. The molecule has 0 unspecified atom stereocenters. The van der Waals surface area contributed by atoms with Gasteiger partial charge in [0.05, 0.1) is 11.8 Å². The van der Waals surface area contributed by atoms with Crippen LogP contribution in [0.4, 0.5) is 0 Å². The van der Waals surface area contributed by atoms with Crippen molar-refractivity contribution in [3.05, 3.63) is 36.4 Å². The zero-order valence-corrected chi connectivity index (χ0v) is 12.3. The highest BCUT2D eigenvalue weighted by Crippen LogP contribution is 2.22. The number of nitrogens with zero attached hydrogens (tertiary/aromatic N) is 5. The molecule has 0 aliphatic rings. The molecular formula is C15H17N5O. The van der Waals surface area contributed by atoms with E-state index in [0.29, 0.717) is 17.6 Å². The van der Waals surface area contributed by atoms with Crippen LogP contribution < -0.4 is 0 Å². The number of aromatic nitrogens is 5. The molecule has 3 aromatic heterocycles. The monoisotopic (exact) mass is 283 g/mol. The summed E-state index contributed by atoms with van der Waals surface area (Å²) < 4.78 is 7.12. The van der Waals surface area contributed by atoms with Crippen molar-refractivity contribution in [2.45, 2.75) is 33.2 Å². The fourth-order valence-corrected chi connectivity index (χ4v) is 1.98. The number of pyridine rings is 1. The summed E-state index contributed by atoms with van der Waals surface area (Å²) in [5.74, 6) is 1.41. The molecule has 0 N–H and O–H groups in total. The van der Waals surface area contributed by atoms with Crippen molar-refractivity contribution in [3.8, 4) is 22.8 Å². The first-order valence-corrected chi connectivity index (χ1v) is 7.00. The third kappa shape index (κ3) is 2.69. The van der Waals surface area contributed by atoms with E-state index in [0.717, 1.165) is 23.4 Å². The van der Waals surface area contributed by atoms with E-state index in [1.807, 2.05) is 29.9 Å². The first-order chi connectivity index (χ1) is 10.2. The summed E-state index contributed by atoms with van der Waals surface area (Å²) in [5.41, 5.74) is 2.71. The Kier molecular flexibility index (Phi) is 3.51. The summed E-state index contributed by atoms with van der Waals surface area (Å²) >= 11 is 0. The van der Waals surface area contributed by atoms with Crippen molar-refractivity contribution in [3.63, 3.8) is 0 Å². The van der Waals surface area contributed by atoms with E-state index in [9.17, 15) is 0 Å². The first-order valence-electron chi connectivity index (χ1n) is 7.00. The van der Waals surface area contributed by atoms with Crippen LogP contribution in [0.15, 0.2) is 35.2 Å². The van der Waals surface area contributed by atoms with Gasteiger partial charge >= 0.3 is 0 Å². The Labute approximate surface area is 122 Å². The second kappa shape index (κ2) is 5.47. The maximum atomic E-state index is 5.30. The van der Waals surface area contributed by atoms with Crippen LogP contribution >= 0.6 is 0 Å². The zero-order chi connectivity index (χ0) is 14.8. The van der Waals surface area contributed by atoms with E-state index in [4.69, 9.17) is 4.52 Å². The van der Waals surface area contributed by atoms with Gasteiger partial charge in [-0.25, -0.2) is 0 Å². The molecule has 0 saturated carbocycles. The van der Waals surface area contributed by atoms with Gasteiger partial charge in [-0.3, -0.25) is 9.67 Å². The molecule has 6 nitrogen and oxygen atoms in total. The van der Waals surface area contributed by atoms with Gasteiger partial charge in [0.1, 0.15) is 0 Å². The van der Waals surface area contributed by atoms with Gasteiger partial charge in [-0.05, 0) is 25.0 Å². The van der Waals surface area contributed by atoms with Crippen molar-refractivity contribution in [2.75, 3.05) is 0 Å². The average Bonchev–Trinajstić information content (AvgIpc) is 3.16. The van der Waals surface area contributed by atoms with Gasteiger partial charge < -0.3 is 4.52 Å². The van der Waals surface area contributed by atoms with E-state index in [2.05, 4.69) is 34.1 Å². The van der Waals surface area contributed by atoms with Gasteiger partial charge in [-0.1, -0.05) is 19.0 Å². The van der Waals surface area contributed by atoms with Crippen molar-refractivity contribution < 1.29 is 4.52 Å². The average molecular weight is 283 g/mol. The van der Waals surface area contributed by atoms with E-state index in [1.54, 1.807) is 12.4 Å². The molecule has 6 heteroatoms. The normalized spacial score (nSPS) is 11.2. The lowest BCUT2D eigenvalue weighted by Gasteiger charge is -2.03. The molecule has 0 fully saturated rings. The Hall–Kier alpha value is -2.50. The molecule has 0 aliphatic heterocycles. The van der Waals surface area contributed by atoms with Crippen LogP contribution in [0.3, 0.4) is 0 Å². The fraction of sp³-hybridized carbons (Fsp3) is 0.333. The van der Waals surface area contributed by atoms with Gasteiger partial charge in [0.2, 0.25) is 5.82 Å². The maximum absolute atomic E-state index is 5.30. The van der Waals surface area contributed by atoms with Crippen LogP contribution in [-0.2, 0) is 6.54 Å². The van der Waals surface area contributed by atoms with Crippen LogP contribution in [0.1, 0.15) is 32.4 Å². The van der Waals surface area contributed by atoms with E-state index < -0.39 is 0 Å². The minimum atomic E-state index is 0.403. The Morgan fingerprint density at radius 1 is 1.19 bits per heavy atom. The van der Waals surface area contributed by atoms with E-state index >= 15 is 0 Å². The molecule has 0 saturated heterocycles. The Morgan fingerprint density at radius 3 is 2.67 bits per heavy atom.